The van der Waals surface area contributed by atoms with Crippen LogP contribution in [0.25, 0.3) is 0 Å². The van der Waals surface area contributed by atoms with Crippen LogP contribution in [-0.4, -0.2) is 18.3 Å². The third-order valence-corrected chi connectivity index (χ3v) is 5.19. The van der Waals surface area contributed by atoms with Crippen LogP contribution in [0.3, 0.4) is 0 Å². The summed E-state index contributed by atoms with van der Waals surface area (Å²) in [5.74, 6) is 4.00. The van der Waals surface area contributed by atoms with E-state index >= 15 is 0 Å². The van der Waals surface area contributed by atoms with Gasteiger partial charge in [0.25, 0.3) is 0 Å². The Hall–Kier alpha value is -0.240. The molecule has 0 aromatic heterocycles. The highest BCUT2D eigenvalue weighted by molar-refractivity contribution is 6.27. The lowest BCUT2D eigenvalue weighted by Gasteiger charge is -2.56. The maximum atomic E-state index is 5.72. The summed E-state index contributed by atoms with van der Waals surface area (Å²) in [7, 11) is 0. The Morgan fingerprint density at radius 2 is 1.62 bits per heavy atom. The van der Waals surface area contributed by atoms with Gasteiger partial charge in [-0.25, -0.2) is 0 Å². The number of halogens is 1. The summed E-state index contributed by atoms with van der Waals surface area (Å²) in [6.45, 7) is 0.940. The van der Waals surface area contributed by atoms with Crippen molar-refractivity contribution in [3.8, 4) is 0 Å². The highest BCUT2D eigenvalue weighted by Gasteiger charge is 2.50. The van der Waals surface area contributed by atoms with E-state index in [0.29, 0.717) is 17.1 Å². The van der Waals surface area contributed by atoms with Gasteiger partial charge in [0, 0.05) is 6.54 Å². The summed E-state index contributed by atoms with van der Waals surface area (Å²) in [6, 6.07) is 0. The van der Waals surface area contributed by atoms with Crippen molar-refractivity contribution >= 4 is 17.4 Å². The predicted octanol–water partition coefficient (Wildman–Crippen LogP) is 2.80. The lowest BCUT2D eigenvalue weighted by molar-refractivity contribution is -0.0465. The number of alkyl halides is 1. The second-order valence-electron chi connectivity index (χ2n) is 6.36. The molecule has 2 nitrogen and oxygen atoms in total. The lowest BCUT2D eigenvalue weighted by Crippen LogP contribution is -2.47. The molecule has 16 heavy (non-hydrogen) atoms. The van der Waals surface area contributed by atoms with Crippen molar-refractivity contribution in [1.29, 1.82) is 0 Å². The minimum absolute atomic E-state index is 0.381. The fourth-order valence-corrected chi connectivity index (χ4v) is 4.88. The van der Waals surface area contributed by atoms with E-state index in [-0.39, 0.29) is 0 Å². The molecule has 4 fully saturated rings. The zero-order chi connectivity index (χ0) is 11.2. The first-order valence-electron chi connectivity index (χ1n) is 6.54. The zero-order valence-electron chi connectivity index (χ0n) is 9.79. The largest absolute Gasteiger partial charge is 0.386 e. The van der Waals surface area contributed by atoms with Gasteiger partial charge >= 0.3 is 0 Å². The fourth-order valence-electron chi connectivity index (χ4n) is 4.80. The molecule has 4 saturated carbocycles. The molecule has 3 heteroatoms. The molecule has 4 aliphatic carbocycles. The molecule has 0 radical (unpaired) electrons. The summed E-state index contributed by atoms with van der Waals surface area (Å²) < 4.78 is 0. The quantitative estimate of drug-likeness (QED) is 0.460. The second kappa shape index (κ2) is 3.90. The van der Waals surface area contributed by atoms with Crippen LogP contribution in [0, 0.1) is 23.2 Å². The summed E-state index contributed by atoms with van der Waals surface area (Å²) in [5, 5.41) is 0. The zero-order valence-corrected chi connectivity index (χ0v) is 10.5. The first-order chi connectivity index (χ1) is 7.69. The number of rotatable bonds is 3. The Kier molecular flexibility index (Phi) is 2.66. The molecule has 0 heterocycles. The Morgan fingerprint density at radius 1 is 1.12 bits per heavy atom. The van der Waals surface area contributed by atoms with Gasteiger partial charge in [-0.05, 0) is 61.7 Å². The molecule has 0 atom stereocenters. The average Bonchev–Trinajstić information content (AvgIpc) is 2.24. The molecule has 0 amide bonds. The maximum absolute atomic E-state index is 5.72. The minimum Gasteiger partial charge on any atom is -0.386 e. The molecule has 0 spiro atoms. The van der Waals surface area contributed by atoms with Crippen LogP contribution in [0.1, 0.15) is 38.5 Å². The maximum Gasteiger partial charge on any atom is 0.109 e. The van der Waals surface area contributed by atoms with E-state index < -0.39 is 0 Å². The first-order valence-corrected chi connectivity index (χ1v) is 7.07. The van der Waals surface area contributed by atoms with E-state index in [1.165, 1.54) is 38.5 Å². The van der Waals surface area contributed by atoms with E-state index in [2.05, 4.69) is 4.99 Å². The fraction of sp³-hybridized carbons (Fsp3) is 0.923. The van der Waals surface area contributed by atoms with Crippen LogP contribution >= 0.6 is 11.6 Å². The predicted molar refractivity (Wildman–Crippen MR) is 67.8 cm³/mol. The third kappa shape index (κ3) is 1.85. The second-order valence-corrected chi connectivity index (χ2v) is 6.63. The number of hydrogen-bond acceptors (Lipinski definition) is 1. The molecule has 0 aromatic carbocycles. The van der Waals surface area contributed by atoms with E-state index in [9.17, 15) is 0 Å². The Bertz CT molecular complexity index is 276. The van der Waals surface area contributed by atoms with E-state index in [1.807, 2.05) is 0 Å². The highest BCUT2D eigenvalue weighted by atomic mass is 35.5. The van der Waals surface area contributed by atoms with Gasteiger partial charge in [0.1, 0.15) is 5.84 Å². The summed E-state index contributed by atoms with van der Waals surface area (Å²) in [5.41, 5.74) is 6.23. The molecule has 90 valence electrons. The molecule has 0 saturated heterocycles. The molecular formula is C13H21ClN2. The number of aliphatic imine (C=N–C) groups is 1. The summed E-state index contributed by atoms with van der Waals surface area (Å²) in [4.78, 5) is 4.50. The number of hydrogen-bond donors (Lipinski definition) is 1. The van der Waals surface area contributed by atoms with Crippen molar-refractivity contribution in [3.63, 3.8) is 0 Å². The monoisotopic (exact) mass is 240 g/mol. The van der Waals surface area contributed by atoms with Gasteiger partial charge in [0.2, 0.25) is 0 Å². The summed E-state index contributed by atoms with van der Waals surface area (Å²) >= 11 is 5.68. The van der Waals surface area contributed by atoms with Crippen molar-refractivity contribution in [2.75, 3.05) is 12.4 Å². The topological polar surface area (TPSA) is 38.4 Å². The molecule has 2 N–H and O–H groups in total. The third-order valence-electron chi connectivity index (χ3n) is 4.92. The Labute approximate surface area is 103 Å². The van der Waals surface area contributed by atoms with Crippen molar-refractivity contribution in [3.05, 3.63) is 0 Å². The SMILES string of the molecule is NC(CCl)=NCC12CC3CC(CC(C3)C1)C2. The number of nitrogens with two attached hydrogens (primary N) is 1. The molecule has 4 bridgehead atoms. The molecule has 4 rings (SSSR count). The highest BCUT2D eigenvalue weighted by Crippen LogP contribution is 2.60. The van der Waals surface area contributed by atoms with Gasteiger partial charge in [0.05, 0.1) is 5.88 Å². The molecule has 0 aromatic rings. The molecule has 4 aliphatic rings. The molecular weight excluding hydrogens is 220 g/mol. The Morgan fingerprint density at radius 3 is 2.06 bits per heavy atom. The van der Waals surface area contributed by atoms with Crippen molar-refractivity contribution in [2.24, 2.45) is 33.9 Å². The van der Waals surface area contributed by atoms with E-state index in [0.717, 1.165) is 24.3 Å². The molecule has 0 unspecified atom stereocenters. The Balaban J connectivity index is 1.73. The van der Waals surface area contributed by atoms with E-state index in [4.69, 9.17) is 17.3 Å². The van der Waals surface area contributed by atoms with Crippen LogP contribution in [0.2, 0.25) is 0 Å². The van der Waals surface area contributed by atoms with Gasteiger partial charge < -0.3 is 5.73 Å². The molecule has 0 aliphatic heterocycles. The number of amidine groups is 1. The van der Waals surface area contributed by atoms with Crippen molar-refractivity contribution in [2.45, 2.75) is 38.5 Å². The standard InChI is InChI=1S/C13H21ClN2/c14-7-12(15)16-8-13-4-9-1-10(5-13)3-11(2-9)6-13/h9-11H,1-8H2,(H2,15,16). The van der Waals surface area contributed by atoms with Gasteiger partial charge in [-0.3, -0.25) is 4.99 Å². The average molecular weight is 241 g/mol. The van der Waals surface area contributed by atoms with Crippen LogP contribution in [0.15, 0.2) is 4.99 Å². The van der Waals surface area contributed by atoms with Crippen LogP contribution in [-0.2, 0) is 0 Å². The number of nitrogens with zero attached hydrogens (tertiary/aromatic N) is 1. The lowest BCUT2D eigenvalue weighted by atomic mass is 9.49. The van der Waals surface area contributed by atoms with Crippen LogP contribution in [0.5, 0.6) is 0 Å². The van der Waals surface area contributed by atoms with Crippen molar-refractivity contribution < 1.29 is 0 Å². The van der Waals surface area contributed by atoms with Crippen molar-refractivity contribution in [1.82, 2.24) is 0 Å². The van der Waals surface area contributed by atoms with Gasteiger partial charge in [-0.2, -0.15) is 0 Å². The first kappa shape index (κ1) is 10.9. The van der Waals surface area contributed by atoms with Gasteiger partial charge in [-0.15, -0.1) is 11.6 Å². The van der Waals surface area contributed by atoms with Crippen LogP contribution in [0.4, 0.5) is 0 Å². The van der Waals surface area contributed by atoms with Gasteiger partial charge in [-0.1, -0.05) is 0 Å². The van der Waals surface area contributed by atoms with Crippen LogP contribution < -0.4 is 5.73 Å². The van der Waals surface area contributed by atoms with E-state index in [1.54, 1.807) is 0 Å². The summed E-state index contributed by atoms with van der Waals surface area (Å²) in [6.07, 6.45) is 8.68. The minimum atomic E-state index is 0.381. The normalized spacial score (nSPS) is 46.3. The smallest absolute Gasteiger partial charge is 0.109 e. The van der Waals surface area contributed by atoms with Gasteiger partial charge in [0.15, 0.2) is 0 Å².